The van der Waals surface area contributed by atoms with Crippen molar-refractivity contribution in [3.8, 4) is 5.75 Å². The van der Waals surface area contributed by atoms with Crippen LogP contribution in [0.2, 0.25) is 0 Å². The molecule has 140 valence electrons. The molecule has 0 spiro atoms. The SMILES string of the molecule is CCOC(=O)C1=C(C)N(Cc2ccc(OC)cc2)C(=O)C1=Cc1ccco1. The zero-order valence-electron chi connectivity index (χ0n) is 15.5. The van der Waals surface area contributed by atoms with Gasteiger partial charge in [0.2, 0.25) is 0 Å². The van der Waals surface area contributed by atoms with Crippen LogP contribution in [0.25, 0.3) is 6.08 Å². The van der Waals surface area contributed by atoms with Crippen LogP contribution in [-0.4, -0.2) is 30.5 Å². The lowest BCUT2D eigenvalue weighted by Gasteiger charge is -2.18. The van der Waals surface area contributed by atoms with Gasteiger partial charge in [-0.15, -0.1) is 0 Å². The number of amides is 1. The van der Waals surface area contributed by atoms with E-state index in [0.717, 1.165) is 11.3 Å². The maximum absolute atomic E-state index is 13.0. The van der Waals surface area contributed by atoms with Gasteiger partial charge in [-0.3, -0.25) is 4.79 Å². The van der Waals surface area contributed by atoms with Crippen LogP contribution in [0.15, 0.2) is 63.9 Å². The Morgan fingerprint density at radius 1 is 1.22 bits per heavy atom. The second-order valence-electron chi connectivity index (χ2n) is 5.99. The van der Waals surface area contributed by atoms with E-state index in [1.165, 1.54) is 6.26 Å². The molecule has 0 saturated heterocycles. The molecule has 0 N–H and O–H groups in total. The topological polar surface area (TPSA) is 69.0 Å². The van der Waals surface area contributed by atoms with Crippen molar-refractivity contribution in [3.63, 3.8) is 0 Å². The number of nitrogens with zero attached hydrogens (tertiary/aromatic N) is 1. The van der Waals surface area contributed by atoms with E-state index >= 15 is 0 Å². The van der Waals surface area contributed by atoms with E-state index in [1.807, 2.05) is 24.3 Å². The normalized spacial score (nSPS) is 15.6. The average molecular weight is 367 g/mol. The molecule has 1 aromatic heterocycles. The first-order valence-corrected chi connectivity index (χ1v) is 8.63. The maximum Gasteiger partial charge on any atom is 0.340 e. The first-order chi connectivity index (χ1) is 13.0. The zero-order valence-corrected chi connectivity index (χ0v) is 15.5. The Morgan fingerprint density at radius 2 is 1.96 bits per heavy atom. The van der Waals surface area contributed by atoms with Crippen molar-refractivity contribution in [2.45, 2.75) is 20.4 Å². The molecule has 1 amide bonds. The third kappa shape index (κ3) is 3.79. The van der Waals surface area contributed by atoms with E-state index in [1.54, 1.807) is 44.1 Å². The maximum atomic E-state index is 13.0. The number of carbonyl (C=O) groups is 2. The number of methoxy groups -OCH3 is 1. The van der Waals surface area contributed by atoms with E-state index in [9.17, 15) is 9.59 Å². The molecular formula is C21H21NO5. The minimum absolute atomic E-state index is 0.232. The molecule has 0 unspecified atom stereocenters. The number of rotatable bonds is 6. The van der Waals surface area contributed by atoms with Crippen molar-refractivity contribution >= 4 is 18.0 Å². The molecule has 3 rings (SSSR count). The summed E-state index contributed by atoms with van der Waals surface area (Å²) in [4.78, 5) is 27.1. The summed E-state index contributed by atoms with van der Waals surface area (Å²) in [5.74, 6) is 0.463. The summed E-state index contributed by atoms with van der Waals surface area (Å²) in [5, 5.41) is 0. The second kappa shape index (κ2) is 7.95. The van der Waals surface area contributed by atoms with Crippen LogP contribution in [0.5, 0.6) is 5.75 Å². The Hall–Kier alpha value is -3.28. The lowest BCUT2D eigenvalue weighted by molar-refractivity contribution is -0.138. The van der Waals surface area contributed by atoms with Gasteiger partial charge < -0.3 is 18.8 Å². The van der Waals surface area contributed by atoms with Crippen molar-refractivity contribution in [3.05, 3.63) is 70.8 Å². The number of benzene rings is 1. The molecule has 0 radical (unpaired) electrons. The Balaban J connectivity index is 1.96. The fourth-order valence-corrected chi connectivity index (χ4v) is 2.95. The lowest BCUT2D eigenvalue weighted by atomic mass is 10.1. The van der Waals surface area contributed by atoms with Crippen molar-refractivity contribution in [2.75, 3.05) is 13.7 Å². The first kappa shape index (κ1) is 18.5. The molecule has 0 fully saturated rings. The number of allylic oxidation sites excluding steroid dienone is 1. The number of ether oxygens (including phenoxy) is 2. The minimum Gasteiger partial charge on any atom is -0.497 e. The van der Waals surface area contributed by atoms with Gasteiger partial charge in [-0.25, -0.2) is 4.79 Å². The monoisotopic (exact) mass is 367 g/mol. The molecule has 1 aliphatic rings. The first-order valence-electron chi connectivity index (χ1n) is 8.63. The molecule has 1 aliphatic heterocycles. The molecule has 2 heterocycles. The van der Waals surface area contributed by atoms with Gasteiger partial charge in [0, 0.05) is 5.70 Å². The zero-order chi connectivity index (χ0) is 19.4. The highest BCUT2D eigenvalue weighted by Gasteiger charge is 2.37. The van der Waals surface area contributed by atoms with E-state index in [4.69, 9.17) is 13.9 Å². The van der Waals surface area contributed by atoms with Crippen LogP contribution < -0.4 is 4.74 Å². The van der Waals surface area contributed by atoms with Crippen LogP contribution in [0, 0.1) is 0 Å². The quantitative estimate of drug-likeness (QED) is 0.577. The third-order valence-electron chi connectivity index (χ3n) is 4.32. The molecule has 0 saturated carbocycles. The van der Waals surface area contributed by atoms with Crippen LogP contribution >= 0.6 is 0 Å². The lowest BCUT2D eigenvalue weighted by Crippen LogP contribution is -2.24. The van der Waals surface area contributed by atoms with Gasteiger partial charge in [0.25, 0.3) is 5.91 Å². The summed E-state index contributed by atoms with van der Waals surface area (Å²) in [6, 6.07) is 10.9. The van der Waals surface area contributed by atoms with Crippen molar-refractivity contribution in [1.82, 2.24) is 4.90 Å². The van der Waals surface area contributed by atoms with E-state index in [0.29, 0.717) is 18.0 Å². The Kier molecular flexibility index (Phi) is 5.45. The standard InChI is InChI=1S/C21H21NO5/c1-4-26-21(24)19-14(2)22(13-15-7-9-16(25-3)10-8-15)20(23)18(19)12-17-6-5-11-27-17/h5-12H,4,13H2,1-3H3. The van der Waals surface area contributed by atoms with Crippen molar-refractivity contribution in [1.29, 1.82) is 0 Å². The smallest absolute Gasteiger partial charge is 0.340 e. The van der Waals surface area contributed by atoms with E-state index in [2.05, 4.69) is 0 Å². The van der Waals surface area contributed by atoms with Gasteiger partial charge in [0.15, 0.2) is 0 Å². The number of hydrogen-bond donors (Lipinski definition) is 0. The summed E-state index contributed by atoms with van der Waals surface area (Å²) in [5.41, 5.74) is 2.03. The summed E-state index contributed by atoms with van der Waals surface area (Å²) in [6.07, 6.45) is 3.09. The van der Waals surface area contributed by atoms with Gasteiger partial charge in [-0.1, -0.05) is 12.1 Å². The van der Waals surface area contributed by atoms with Gasteiger partial charge in [0.05, 0.1) is 37.7 Å². The largest absolute Gasteiger partial charge is 0.497 e. The van der Waals surface area contributed by atoms with Gasteiger partial charge in [-0.2, -0.15) is 0 Å². The predicted octanol–water partition coefficient (Wildman–Crippen LogP) is 3.55. The minimum atomic E-state index is -0.515. The van der Waals surface area contributed by atoms with Gasteiger partial charge >= 0.3 is 5.97 Å². The van der Waals surface area contributed by atoms with Crippen LogP contribution in [0.4, 0.5) is 0 Å². The molecule has 1 aromatic carbocycles. The van der Waals surface area contributed by atoms with E-state index < -0.39 is 5.97 Å². The summed E-state index contributed by atoms with van der Waals surface area (Å²) in [7, 11) is 1.60. The second-order valence-corrected chi connectivity index (χ2v) is 5.99. The highest BCUT2D eigenvalue weighted by atomic mass is 16.5. The number of hydrogen-bond acceptors (Lipinski definition) is 5. The van der Waals surface area contributed by atoms with Crippen LogP contribution in [0.1, 0.15) is 25.2 Å². The molecule has 27 heavy (non-hydrogen) atoms. The number of esters is 1. The highest BCUT2D eigenvalue weighted by Crippen LogP contribution is 2.33. The van der Waals surface area contributed by atoms with E-state index in [-0.39, 0.29) is 23.7 Å². The molecule has 0 aliphatic carbocycles. The van der Waals surface area contributed by atoms with Crippen molar-refractivity contribution < 1.29 is 23.5 Å². The van der Waals surface area contributed by atoms with Crippen LogP contribution in [-0.2, 0) is 20.9 Å². The Bertz CT molecular complexity index is 891. The summed E-state index contributed by atoms with van der Waals surface area (Å²) in [6.45, 7) is 4.05. The molecule has 6 nitrogen and oxygen atoms in total. The molecule has 6 heteroatoms. The fraction of sp³-hybridized carbons (Fsp3) is 0.238. The fourth-order valence-electron chi connectivity index (χ4n) is 2.95. The number of carbonyl (C=O) groups excluding carboxylic acids is 2. The Morgan fingerprint density at radius 3 is 2.56 bits per heavy atom. The third-order valence-corrected chi connectivity index (χ3v) is 4.32. The molecule has 2 aromatic rings. The number of furan rings is 1. The summed E-state index contributed by atoms with van der Waals surface area (Å²) < 4.78 is 15.6. The van der Waals surface area contributed by atoms with Gasteiger partial charge in [-0.05, 0) is 49.8 Å². The summed E-state index contributed by atoms with van der Waals surface area (Å²) >= 11 is 0. The average Bonchev–Trinajstić information content (AvgIpc) is 3.25. The predicted molar refractivity (Wildman–Crippen MR) is 99.6 cm³/mol. The Labute approximate surface area is 157 Å². The molecular weight excluding hydrogens is 346 g/mol. The van der Waals surface area contributed by atoms with Gasteiger partial charge in [0.1, 0.15) is 11.5 Å². The molecule has 0 atom stereocenters. The van der Waals surface area contributed by atoms with Crippen molar-refractivity contribution in [2.24, 2.45) is 0 Å². The molecule has 0 bridgehead atoms. The highest BCUT2D eigenvalue weighted by molar-refractivity contribution is 6.16. The van der Waals surface area contributed by atoms with Crippen LogP contribution in [0.3, 0.4) is 0 Å².